The summed E-state index contributed by atoms with van der Waals surface area (Å²) >= 11 is 0. The summed E-state index contributed by atoms with van der Waals surface area (Å²) in [4.78, 5) is 11.5. The van der Waals surface area contributed by atoms with Crippen molar-refractivity contribution < 1.29 is 9.53 Å². The van der Waals surface area contributed by atoms with E-state index in [1.165, 1.54) is 0 Å². The van der Waals surface area contributed by atoms with Crippen LogP contribution in [0.15, 0.2) is 24.3 Å². The second-order valence-corrected chi connectivity index (χ2v) is 4.53. The Hall–Kier alpha value is -2.10. The molecule has 0 N–H and O–H groups in total. The quantitative estimate of drug-likeness (QED) is 0.789. The molecule has 0 amide bonds. The summed E-state index contributed by atoms with van der Waals surface area (Å²) in [5.41, 5.74) is 2.55. The maximum absolute atomic E-state index is 11.5. The van der Waals surface area contributed by atoms with Crippen molar-refractivity contribution in [3.63, 3.8) is 0 Å². The van der Waals surface area contributed by atoms with Crippen LogP contribution in [0.3, 0.4) is 0 Å². The van der Waals surface area contributed by atoms with E-state index in [4.69, 9.17) is 4.74 Å². The Labute approximate surface area is 113 Å². The van der Waals surface area contributed by atoms with Crippen LogP contribution in [0, 0.1) is 13.8 Å². The highest BCUT2D eigenvalue weighted by atomic mass is 16.5. The first-order chi connectivity index (χ1) is 9.02. The van der Waals surface area contributed by atoms with Gasteiger partial charge in [-0.3, -0.25) is 9.48 Å². The molecule has 19 heavy (non-hydrogen) atoms. The van der Waals surface area contributed by atoms with Crippen molar-refractivity contribution in [3.05, 3.63) is 41.2 Å². The molecule has 2 rings (SSSR count). The minimum Gasteiger partial charge on any atom is -0.453 e. The van der Waals surface area contributed by atoms with Gasteiger partial charge in [0.2, 0.25) is 0 Å². The molecular formula is C15H18N2O2. The third-order valence-electron chi connectivity index (χ3n) is 3.16. The summed E-state index contributed by atoms with van der Waals surface area (Å²) < 4.78 is 7.63. The van der Waals surface area contributed by atoms with Crippen LogP contribution in [0.25, 0.3) is 0 Å². The van der Waals surface area contributed by atoms with Crippen LogP contribution < -0.4 is 4.74 Å². The number of aryl methyl sites for hydroxylation is 2. The second-order valence-electron chi connectivity index (χ2n) is 4.53. The molecule has 100 valence electrons. The number of hydrogen-bond donors (Lipinski definition) is 0. The SMILES string of the molecule is CCC(=O)c1ccc(Oc2c(C)nn(C)c2C)cc1. The van der Waals surface area contributed by atoms with E-state index in [0.717, 1.165) is 22.7 Å². The molecule has 2 aromatic rings. The fraction of sp³-hybridized carbons (Fsp3) is 0.333. The lowest BCUT2D eigenvalue weighted by Crippen LogP contribution is -1.96. The zero-order valence-corrected chi connectivity index (χ0v) is 11.7. The molecule has 0 aliphatic rings. The van der Waals surface area contributed by atoms with Gasteiger partial charge in [-0.1, -0.05) is 6.92 Å². The minimum atomic E-state index is 0.139. The summed E-state index contributed by atoms with van der Waals surface area (Å²) in [6.07, 6.45) is 0.515. The number of ketones is 1. The van der Waals surface area contributed by atoms with Crippen LogP contribution in [0.4, 0.5) is 0 Å². The minimum absolute atomic E-state index is 0.139. The van der Waals surface area contributed by atoms with Gasteiger partial charge < -0.3 is 4.74 Å². The summed E-state index contributed by atoms with van der Waals surface area (Å²) in [6, 6.07) is 7.22. The Kier molecular flexibility index (Phi) is 3.69. The van der Waals surface area contributed by atoms with Gasteiger partial charge in [-0.15, -0.1) is 0 Å². The first-order valence-corrected chi connectivity index (χ1v) is 6.34. The standard InChI is InChI=1S/C15H18N2O2/c1-5-14(18)12-6-8-13(9-7-12)19-15-10(2)16-17(4)11(15)3/h6-9H,5H2,1-4H3. The lowest BCUT2D eigenvalue weighted by molar-refractivity contribution is 0.0988. The third-order valence-corrected chi connectivity index (χ3v) is 3.16. The number of aromatic nitrogens is 2. The van der Waals surface area contributed by atoms with E-state index >= 15 is 0 Å². The maximum Gasteiger partial charge on any atom is 0.171 e. The Bertz CT molecular complexity index is 597. The van der Waals surface area contributed by atoms with Crippen molar-refractivity contribution in [1.82, 2.24) is 9.78 Å². The van der Waals surface area contributed by atoms with Gasteiger partial charge >= 0.3 is 0 Å². The van der Waals surface area contributed by atoms with Crippen LogP contribution in [-0.4, -0.2) is 15.6 Å². The van der Waals surface area contributed by atoms with E-state index in [2.05, 4.69) is 5.10 Å². The normalized spacial score (nSPS) is 10.5. The molecule has 0 bridgehead atoms. The molecule has 0 saturated heterocycles. The van der Waals surface area contributed by atoms with Crippen LogP contribution >= 0.6 is 0 Å². The number of nitrogens with zero attached hydrogens (tertiary/aromatic N) is 2. The number of rotatable bonds is 4. The van der Waals surface area contributed by atoms with Crippen molar-refractivity contribution in [1.29, 1.82) is 0 Å². The van der Waals surface area contributed by atoms with Crippen LogP contribution in [0.2, 0.25) is 0 Å². The largest absolute Gasteiger partial charge is 0.453 e. The molecular weight excluding hydrogens is 240 g/mol. The van der Waals surface area contributed by atoms with Gasteiger partial charge in [-0.2, -0.15) is 5.10 Å². The van der Waals surface area contributed by atoms with Gasteiger partial charge in [0.25, 0.3) is 0 Å². The van der Waals surface area contributed by atoms with Crippen molar-refractivity contribution >= 4 is 5.78 Å². The number of hydrogen-bond acceptors (Lipinski definition) is 3. The summed E-state index contributed by atoms with van der Waals surface area (Å²) in [6.45, 7) is 5.73. The number of carbonyl (C=O) groups is 1. The van der Waals surface area contributed by atoms with E-state index in [-0.39, 0.29) is 5.78 Å². The van der Waals surface area contributed by atoms with Crippen LogP contribution in [0.5, 0.6) is 11.5 Å². The molecule has 4 nitrogen and oxygen atoms in total. The molecule has 0 fully saturated rings. The third kappa shape index (κ3) is 2.67. The Morgan fingerprint density at radius 1 is 1.26 bits per heavy atom. The highest BCUT2D eigenvalue weighted by Gasteiger charge is 2.12. The Balaban J connectivity index is 2.22. The fourth-order valence-corrected chi connectivity index (χ4v) is 1.93. The zero-order chi connectivity index (χ0) is 14.0. The van der Waals surface area contributed by atoms with Gasteiger partial charge in [-0.05, 0) is 38.1 Å². The summed E-state index contributed by atoms with van der Waals surface area (Å²) in [5.74, 6) is 1.63. The fourth-order valence-electron chi connectivity index (χ4n) is 1.93. The predicted octanol–water partition coefficient (Wildman–Crippen LogP) is 3.42. The van der Waals surface area contributed by atoms with Gasteiger partial charge in [0.05, 0.1) is 5.69 Å². The molecule has 1 aromatic carbocycles. The summed E-state index contributed by atoms with van der Waals surface area (Å²) in [5, 5.41) is 4.30. The highest BCUT2D eigenvalue weighted by molar-refractivity contribution is 5.95. The Morgan fingerprint density at radius 3 is 2.37 bits per heavy atom. The van der Waals surface area contributed by atoms with Crippen molar-refractivity contribution in [2.75, 3.05) is 0 Å². The zero-order valence-electron chi connectivity index (χ0n) is 11.7. The average Bonchev–Trinajstić information content (AvgIpc) is 2.65. The first-order valence-electron chi connectivity index (χ1n) is 6.34. The van der Waals surface area contributed by atoms with Gasteiger partial charge in [-0.25, -0.2) is 0 Å². The van der Waals surface area contributed by atoms with E-state index in [0.29, 0.717) is 12.2 Å². The number of carbonyl (C=O) groups excluding carboxylic acids is 1. The van der Waals surface area contributed by atoms with Crippen LogP contribution in [-0.2, 0) is 7.05 Å². The van der Waals surface area contributed by atoms with Crippen LogP contribution in [0.1, 0.15) is 35.1 Å². The van der Waals surface area contributed by atoms with Crippen molar-refractivity contribution in [3.8, 4) is 11.5 Å². The molecule has 0 spiro atoms. The maximum atomic E-state index is 11.5. The molecule has 0 saturated carbocycles. The van der Waals surface area contributed by atoms with E-state index in [1.54, 1.807) is 16.8 Å². The van der Waals surface area contributed by atoms with E-state index < -0.39 is 0 Å². The Morgan fingerprint density at radius 2 is 1.89 bits per heavy atom. The lowest BCUT2D eigenvalue weighted by atomic mass is 10.1. The highest BCUT2D eigenvalue weighted by Crippen LogP contribution is 2.28. The topological polar surface area (TPSA) is 44.1 Å². The number of benzene rings is 1. The van der Waals surface area contributed by atoms with Gasteiger partial charge in [0.1, 0.15) is 11.4 Å². The summed E-state index contributed by atoms with van der Waals surface area (Å²) in [7, 11) is 1.89. The van der Waals surface area contributed by atoms with E-state index in [9.17, 15) is 4.79 Å². The lowest BCUT2D eigenvalue weighted by Gasteiger charge is -2.06. The van der Waals surface area contributed by atoms with Gasteiger partial charge in [0, 0.05) is 19.0 Å². The number of ether oxygens (including phenoxy) is 1. The predicted molar refractivity (Wildman–Crippen MR) is 73.8 cm³/mol. The monoisotopic (exact) mass is 258 g/mol. The number of Topliss-reactive ketones (excluding diaryl/α,β-unsaturated/α-hetero) is 1. The molecule has 0 unspecified atom stereocenters. The molecule has 4 heteroatoms. The van der Waals surface area contributed by atoms with Crippen molar-refractivity contribution in [2.24, 2.45) is 7.05 Å². The first kappa shape index (κ1) is 13.3. The molecule has 1 aromatic heterocycles. The molecule has 0 aliphatic heterocycles. The molecule has 0 radical (unpaired) electrons. The average molecular weight is 258 g/mol. The molecule has 0 aliphatic carbocycles. The van der Waals surface area contributed by atoms with Crippen molar-refractivity contribution in [2.45, 2.75) is 27.2 Å². The second kappa shape index (κ2) is 5.26. The smallest absolute Gasteiger partial charge is 0.171 e. The molecule has 1 heterocycles. The molecule has 0 atom stereocenters. The van der Waals surface area contributed by atoms with E-state index in [1.807, 2.05) is 40.0 Å². The van der Waals surface area contributed by atoms with Gasteiger partial charge in [0.15, 0.2) is 11.5 Å².